The summed E-state index contributed by atoms with van der Waals surface area (Å²) in [4.78, 5) is 25.2. The Morgan fingerprint density at radius 2 is 2.03 bits per heavy atom. The Morgan fingerprint density at radius 1 is 1.28 bits per heavy atom. The van der Waals surface area contributed by atoms with Crippen LogP contribution in [0.3, 0.4) is 0 Å². The van der Waals surface area contributed by atoms with E-state index in [0.717, 1.165) is 18.5 Å². The first-order valence-corrected chi connectivity index (χ1v) is 9.57. The Balaban J connectivity index is 1.68. The molecule has 0 aromatic heterocycles. The highest BCUT2D eigenvalue weighted by atomic mass is 16.6. The number of ether oxygens (including phenoxy) is 1. The smallest absolute Gasteiger partial charge is 0.270 e. The molecule has 8 heteroatoms. The van der Waals surface area contributed by atoms with Crippen LogP contribution in [0, 0.1) is 16.0 Å². The molecule has 1 aliphatic heterocycles. The molecule has 2 aromatic rings. The summed E-state index contributed by atoms with van der Waals surface area (Å²) in [6.45, 7) is 1.78. The molecule has 1 heterocycles. The third kappa shape index (κ3) is 5.03. The van der Waals surface area contributed by atoms with Crippen molar-refractivity contribution >= 4 is 17.3 Å². The topological polar surface area (TPSA) is 105 Å². The molecular weight excluding hydrogens is 374 g/mol. The largest absolute Gasteiger partial charge is 0.496 e. The van der Waals surface area contributed by atoms with Gasteiger partial charge >= 0.3 is 0 Å². The number of nitrogens with one attached hydrogen (secondary N) is 1. The Labute approximate surface area is 169 Å². The lowest BCUT2D eigenvalue weighted by Crippen LogP contribution is -2.39. The number of nitro benzene ring substituents is 1. The normalized spacial score (nSPS) is 14.5. The van der Waals surface area contributed by atoms with Gasteiger partial charge in [-0.2, -0.15) is 0 Å². The zero-order valence-electron chi connectivity index (χ0n) is 16.3. The Kier molecular flexibility index (Phi) is 6.66. The molecule has 2 aromatic carbocycles. The molecule has 0 spiro atoms. The summed E-state index contributed by atoms with van der Waals surface area (Å²) >= 11 is 0. The number of methoxy groups -OCH3 is 1. The Bertz CT molecular complexity index is 878. The SMILES string of the molecule is COc1ccc([N+](=O)[O-])cc1CNc1cccc(C(=O)N2CCC(CO)CC2)c1. The van der Waals surface area contributed by atoms with E-state index in [4.69, 9.17) is 4.74 Å². The number of rotatable bonds is 7. The quantitative estimate of drug-likeness (QED) is 0.548. The molecule has 1 fully saturated rings. The van der Waals surface area contributed by atoms with Gasteiger partial charge in [0.25, 0.3) is 11.6 Å². The minimum Gasteiger partial charge on any atom is -0.496 e. The molecule has 1 amide bonds. The van der Waals surface area contributed by atoms with Crippen LogP contribution in [0.15, 0.2) is 42.5 Å². The lowest BCUT2D eigenvalue weighted by molar-refractivity contribution is -0.384. The van der Waals surface area contributed by atoms with Gasteiger partial charge in [0, 0.05) is 55.2 Å². The summed E-state index contributed by atoms with van der Waals surface area (Å²) in [5.74, 6) is 0.803. The van der Waals surface area contributed by atoms with E-state index in [1.54, 1.807) is 24.3 Å². The van der Waals surface area contributed by atoms with Gasteiger partial charge < -0.3 is 20.1 Å². The van der Waals surface area contributed by atoms with Gasteiger partial charge in [-0.25, -0.2) is 0 Å². The minimum absolute atomic E-state index is 0.00203. The van der Waals surface area contributed by atoms with Crippen LogP contribution >= 0.6 is 0 Å². The van der Waals surface area contributed by atoms with Crippen molar-refractivity contribution in [2.75, 3.05) is 32.1 Å². The second kappa shape index (κ2) is 9.38. The van der Waals surface area contributed by atoms with Gasteiger partial charge in [-0.3, -0.25) is 14.9 Å². The highest BCUT2D eigenvalue weighted by Gasteiger charge is 2.23. The van der Waals surface area contributed by atoms with E-state index in [-0.39, 0.29) is 24.1 Å². The molecule has 29 heavy (non-hydrogen) atoms. The second-order valence-electron chi connectivity index (χ2n) is 7.11. The van der Waals surface area contributed by atoms with Gasteiger partial charge in [-0.1, -0.05) is 6.07 Å². The molecule has 1 saturated heterocycles. The summed E-state index contributed by atoms with van der Waals surface area (Å²) in [5, 5.41) is 23.5. The molecule has 3 rings (SSSR count). The molecule has 0 radical (unpaired) electrons. The first-order valence-electron chi connectivity index (χ1n) is 9.57. The average molecular weight is 399 g/mol. The predicted octanol–water partition coefficient (Wildman–Crippen LogP) is 3.06. The monoisotopic (exact) mass is 399 g/mol. The van der Waals surface area contributed by atoms with Gasteiger partial charge in [-0.05, 0) is 43.0 Å². The molecule has 2 N–H and O–H groups in total. The molecular formula is C21H25N3O5. The first kappa shape index (κ1) is 20.6. The van der Waals surface area contributed by atoms with Gasteiger partial charge in [0.1, 0.15) is 5.75 Å². The molecule has 0 aliphatic carbocycles. The number of carbonyl (C=O) groups is 1. The van der Waals surface area contributed by atoms with E-state index in [1.807, 2.05) is 11.0 Å². The van der Waals surface area contributed by atoms with Crippen LogP contribution in [0.5, 0.6) is 5.75 Å². The number of piperidine rings is 1. The van der Waals surface area contributed by atoms with Gasteiger partial charge in [0.2, 0.25) is 0 Å². The van der Waals surface area contributed by atoms with E-state index in [1.165, 1.54) is 19.2 Å². The van der Waals surface area contributed by atoms with Crippen molar-refractivity contribution in [2.45, 2.75) is 19.4 Å². The van der Waals surface area contributed by atoms with E-state index in [9.17, 15) is 20.0 Å². The average Bonchev–Trinajstić information content (AvgIpc) is 2.77. The second-order valence-corrected chi connectivity index (χ2v) is 7.11. The van der Waals surface area contributed by atoms with E-state index >= 15 is 0 Å². The lowest BCUT2D eigenvalue weighted by Gasteiger charge is -2.31. The minimum atomic E-state index is -0.442. The van der Waals surface area contributed by atoms with Crippen molar-refractivity contribution in [1.29, 1.82) is 0 Å². The van der Waals surface area contributed by atoms with Crippen LogP contribution in [0.2, 0.25) is 0 Å². The number of benzene rings is 2. The van der Waals surface area contributed by atoms with Crippen LogP contribution in [-0.4, -0.2) is 47.6 Å². The van der Waals surface area contributed by atoms with Crippen LogP contribution in [0.4, 0.5) is 11.4 Å². The number of nitro groups is 1. The molecule has 0 atom stereocenters. The van der Waals surface area contributed by atoms with E-state index < -0.39 is 4.92 Å². The molecule has 154 valence electrons. The fourth-order valence-electron chi connectivity index (χ4n) is 3.48. The molecule has 0 saturated carbocycles. The number of anilines is 1. The van der Waals surface area contributed by atoms with Crippen LogP contribution in [0.25, 0.3) is 0 Å². The van der Waals surface area contributed by atoms with Crippen molar-refractivity contribution in [3.63, 3.8) is 0 Å². The summed E-state index contributed by atoms with van der Waals surface area (Å²) in [6.07, 6.45) is 1.62. The molecule has 0 bridgehead atoms. The molecule has 1 aliphatic rings. The van der Waals surface area contributed by atoms with Gasteiger partial charge in [0.15, 0.2) is 0 Å². The van der Waals surface area contributed by atoms with Gasteiger partial charge in [0.05, 0.1) is 12.0 Å². The number of aliphatic hydroxyl groups is 1. The number of hydrogen-bond acceptors (Lipinski definition) is 6. The number of hydrogen-bond donors (Lipinski definition) is 2. The number of aliphatic hydroxyl groups excluding tert-OH is 1. The van der Waals surface area contributed by atoms with Crippen LogP contribution < -0.4 is 10.1 Å². The van der Waals surface area contributed by atoms with Crippen molar-refractivity contribution in [3.05, 3.63) is 63.7 Å². The highest BCUT2D eigenvalue weighted by molar-refractivity contribution is 5.95. The lowest BCUT2D eigenvalue weighted by atomic mass is 9.97. The van der Waals surface area contributed by atoms with Crippen molar-refractivity contribution < 1.29 is 19.6 Å². The van der Waals surface area contributed by atoms with Crippen molar-refractivity contribution in [3.8, 4) is 5.75 Å². The Hall–Kier alpha value is -3.13. The summed E-state index contributed by atoms with van der Waals surface area (Å²) in [5.41, 5.74) is 1.99. The number of nitrogens with zero attached hydrogens (tertiary/aromatic N) is 2. The molecule has 8 nitrogen and oxygen atoms in total. The maximum absolute atomic E-state index is 12.8. The third-order valence-electron chi connectivity index (χ3n) is 5.23. The fraction of sp³-hybridized carbons (Fsp3) is 0.381. The number of likely N-dealkylation sites (tertiary alicyclic amines) is 1. The predicted molar refractivity (Wildman–Crippen MR) is 109 cm³/mol. The summed E-state index contributed by atoms with van der Waals surface area (Å²) in [7, 11) is 1.52. The zero-order valence-corrected chi connectivity index (χ0v) is 16.3. The molecule has 0 unspecified atom stereocenters. The van der Waals surface area contributed by atoms with Gasteiger partial charge in [-0.15, -0.1) is 0 Å². The van der Waals surface area contributed by atoms with Crippen molar-refractivity contribution in [1.82, 2.24) is 4.90 Å². The summed E-state index contributed by atoms with van der Waals surface area (Å²) < 4.78 is 5.29. The summed E-state index contributed by atoms with van der Waals surface area (Å²) in [6, 6.07) is 11.7. The Morgan fingerprint density at radius 3 is 2.69 bits per heavy atom. The van der Waals surface area contributed by atoms with Crippen LogP contribution in [0.1, 0.15) is 28.8 Å². The fourth-order valence-corrected chi connectivity index (χ4v) is 3.48. The van der Waals surface area contributed by atoms with E-state index in [2.05, 4.69) is 5.32 Å². The maximum atomic E-state index is 12.8. The number of carbonyl (C=O) groups excluding carboxylic acids is 1. The number of non-ortho nitro benzene ring substituents is 1. The van der Waals surface area contributed by atoms with E-state index in [0.29, 0.717) is 36.5 Å². The maximum Gasteiger partial charge on any atom is 0.270 e. The third-order valence-corrected chi connectivity index (χ3v) is 5.23. The standard InChI is InChI=1S/C21H25N3O5/c1-29-20-6-5-19(24(27)28)12-17(20)13-22-18-4-2-3-16(11-18)21(26)23-9-7-15(14-25)8-10-23/h2-6,11-12,15,22,25H,7-10,13-14H2,1H3. The van der Waals surface area contributed by atoms with Crippen molar-refractivity contribution in [2.24, 2.45) is 5.92 Å². The zero-order chi connectivity index (χ0) is 20.8. The first-order chi connectivity index (χ1) is 14.0. The number of amides is 1. The van der Waals surface area contributed by atoms with Crippen LogP contribution in [-0.2, 0) is 6.54 Å². The highest BCUT2D eigenvalue weighted by Crippen LogP contribution is 2.25.